The second-order valence-corrected chi connectivity index (χ2v) is 7.27. The van der Waals surface area contributed by atoms with Crippen LogP contribution in [0.15, 0.2) is 54.7 Å². The molecule has 0 saturated carbocycles. The second kappa shape index (κ2) is 6.66. The van der Waals surface area contributed by atoms with E-state index in [4.69, 9.17) is 11.6 Å². The van der Waals surface area contributed by atoms with Crippen LogP contribution in [0.5, 0.6) is 0 Å². The zero-order valence-electron chi connectivity index (χ0n) is 14.3. The number of fused-ring (bicyclic) bond motifs is 1. The minimum Gasteiger partial charge on any atom is -0.303 e. The van der Waals surface area contributed by atoms with E-state index in [0.717, 1.165) is 23.9 Å². The predicted molar refractivity (Wildman–Crippen MR) is 102 cm³/mol. The highest BCUT2D eigenvalue weighted by Crippen LogP contribution is 2.29. The Balaban J connectivity index is 1.78. The summed E-state index contributed by atoms with van der Waals surface area (Å²) in [7, 11) is 2.18. The highest BCUT2D eigenvalue weighted by Gasteiger charge is 2.24. The molecular weight excluding hydrogens is 332 g/mol. The molecule has 2 aromatic carbocycles. The van der Waals surface area contributed by atoms with Gasteiger partial charge in [0.15, 0.2) is 0 Å². The molecule has 0 N–H and O–H groups in total. The van der Waals surface area contributed by atoms with Gasteiger partial charge in [-0.15, -0.1) is 0 Å². The fourth-order valence-electron chi connectivity index (χ4n) is 3.81. The van der Waals surface area contributed by atoms with Crippen LogP contribution in [0.3, 0.4) is 0 Å². The number of aromatic nitrogens is 1. The highest BCUT2D eigenvalue weighted by molar-refractivity contribution is 6.31. The average Bonchev–Trinajstić information content (AvgIpc) is 3.19. The topological polar surface area (TPSA) is 25.2 Å². The number of likely N-dealkylation sites (tertiary alicyclic amines) is 1. The largest absolute Gasteiger partial charge is 0.303 e. The maximum absolute atomic E-state index is 13.0. The summed E-state index contributed by atoms with van der Waals surface area (Å²) in [5.41, 5.74) is 2.81. The first kappa shape index (κ1) is 16.4. The van der Waals surface area contributed by atoms with Gasteiger partial charge in [0.1, 0.15) is 0 Å². The van der Waals surface area contributed by atoms with Crippen LogP contribution in [-0.4, -0.2) is 35.0 Å². The number of hydrogen-bond acceptors (Lipinski definition) is 2. The van der Waals surface area contributed by atoms with Gasteiger partial charge in [-0.3, -0.25) is 9.36 Å². The molecule has 0 amide bonds. The molecule has 1 fully saturated rings. The van der Waals surface area contributed by atoms with Crippen LogP contribution in [0.2, 0.25) is 5.02 Å². The van der Waals surface area contributed by atoms with Crippen molar-refractivity contribution in [1.82, 2.24) is 9.47 Å². The summed E-state index contributed by atoms with van der Waals surface area (Å²) in [4.78, 5) is 15.4. The van der Waals surface area contributed by atoms with Gasteiger partial charge in [-0.05, 0) is 68.8 Å². The van der Waals surface area contributed by atoms with Crippen LogP contribution in [0.4, 0.5) is 0 Å². The summed E-state index contributed by atoms with van der Waals surface area (Å²) in [6, 6.07) is 15.7. The van der Waals surface area contributed by atoms with Gasteiger partial charge in [0.2, 0.25) is 0 Å². The van der Waals surface area contributed by atoms with Gasteiger partial charge < -0.3 is 4.90 Å². The normalized spacial score (nSPS) is 18.1. The second-order valence-electron chi connectivity index (χ2n) is 6.84. The van der Waals surface area contributed by atoms with Crippen molar-refractivity contribution in [1.29, 1.82) is 0 Å². The van der Waals surface area contributed by atoms with Crippen molar-refractivity contribution in [3.05, 3.63) is 70.9 Å². The lowest BCUT2D eigenvalue weighted by molar-refractivity contribution is 0.0965. The Kier molecular flexibility index (Phi) is 4.36. The van der Waals surface area contributed by atoms with Crippen LogP contribution in [0.1, 0.15) is 28.8 Å². The van der Waals surface area contributed by atoms with E-state index in [-0.39, 0.29) is 5.91 Å². The summed E-state index contributed by atoms with van der Waals surface area (Å²) < 4.78 is 1.77. The molecule has 4 rings (SSSR count). The van der Waals surface area contributed by atoms with Crippen molar-refractivity contribution in [3.63, 3.8) is 0 Å². The summed E-state index contributed by atoms with van der Waals surface area (Å²) in [6.45, 7) is 1.15. The number of hydrogen-bond donors (Lipinski definition) is 0. The van der Waals surface area contributed by atoms with Crippen LogP contribution in [-0.2, 0) is 6.42 Å². The molecule has 3 aromatic rings. The Morgan fingerprint density at radius 2 is 2.00 bits per heavy atom. The fourth-order valence-corrected chi connectivity index (χ4v) is 3.98. The summed E-state index contributed by atoms with van der Waals surface area (Å²) in [6.07, 6.45) is 5.39. The van der Waals surface area contributed by atoms with Gasteiger partial charge in [0.05, 0.1) is 5.52 Å². The highest BCUT2D eigenvalue weighted by atomic mass is 35.5. The summed E-state index contributed by atoms with van der Waals surface area (Å²) in [5.74, 6) is -0.000973. The third-order valence-corrected chi connectivity index (χ3v) is 5.45. The molecule has 1 unspecified atom stereocenters. The van der Waals surface area contributed by atoms with Gasteiger partial charge in [0.25, 0.3) is 5.91 Å². The molecule has 1 aliphatic rings. The van der Waals surface area contributed by atoms with E-state index in [1.54, 1.807) is 4.57 Å². The lowest BCUT2D eigenvalue weighted by Crippen LogP contribution is -2.26. The van der Waals surface area contributed by atoms with E-state index >= 15 is 0 Å². The Labute approximate surface area is 152 Å². The van der Waals surface area contributed by atoms with E-state index in [0.29, 0.717) is 16.6 Å². The Bertz CT molecular complexity index is 916. The zero-order valence-corrected chi connectivity index (χ0v) is 15.0. The standard InChI is InChI=1S/C21H21ClN2O/c1-23-11-5-8-18(23)12-16-14-24(20-10-9-17(22)13-19(16)20)21(25)15-6-3-2-4-7-15/h2-4,6-7,9-10,13-14,18H,5,8,11-12H2,1H3. The molecule has 2 heterocycles. The van der Waals surface area contributed by atoms with Crippen LogP contribution >= 0.6 is 11.6 Å². The number of halogens is 1. The zero-order chi connectivity index (χ0) is 17.4. The monoisotopic (exact) mass is 352 g/mol. The Morgan fingerprint density at radius 3 is 2.72 bits per heavy atom. The maximum atomic E-state index is 13.0. The first-order valence-electron chi connectivity index (χ1n) is 8.73. The van der Waals surface area contributed by atoms with Crippen molar-refractivity contribution in [2.45, 2.75) is 25.3 Å². The van der Waals surface area contributed by atoms with Gasteiger partial charge >= 0.3 is 0 Å². The summed E-state index contributed by atoms with van der Waals surface area (Å²) in [5, 5.41) is 1.79. The number of rotatable bonds is 3. The van der Waals surface area contributed by atoms with Gasteiger partial charge in [-0.25, -0.2) is 0 Å². The molecule has 1 saturated heterocycles. The van der Waals surface area contributed by atoms with E-state index < -0.39 is 0 Å². The first-order chi connectivity index (χ1) is 12.1. The molecule has 1 atom stereocenters. The van der Waals surface area contributed by atoms with E-state index in [9.17, 15) is 4.79 Å². The maximum Gasteiger partial charge on any atom is 0.262 e. The molecule has 1 aromatic heterocycles. The number of nitrogens with zero attached hydrogens (tertiary/aromatic N) is 2. The van der Waals surface area contributed by atoms with Crippen molar-refractivity contribution >= 4 is 28.4 Å². The minimum atomic E-state index is -0.000973. The number of benzene rings is 2. The van der Waals surface area contributed by atoms with Crippen LogP contribution in [0.25, 0.3) is 10.9 Å². The van der Waals surface area contributed by atoms with Crippen LogP contribution in [0, 0.1) is 0 Å². The van der Waals surface area contributed by atoms with E-state index in [2.05, 4.69) is 11.9 Å². The average molecular weight is 353 g/mol. The molecule has 0 bridgehead atoms. The molecule has 4 heteroatoms. The summed E-state index contributed by atoms with van der Waals surface area (Å²) >= 11 is 6.24. The minimum absolute atomic E-state index is 0.000973. The quantitative estimate of drug-likeness (QED) is 0.687. The molecule has 0 radical (unpaired) electrons. The lowest BCUT2D eigenvalue weighted by atomic mass is 10.0. The first-order valence-corrected chi connectivity index (χ1v) is 9.11. The lowest BCUT2D eigenvalue weighted by Gasteiger charge is -2.18. The molecular formula is C21H21ClN2O. The Morgan fingerprint density at radius 1 is 1.20 bits per heavy atom. The molecule has 0 aliphatic carbocycles. The molecule has 128 valence electrons. The van der Waals surface area contributed by atoms with E-state index in [1.165, 1.54) is 18.4 Å². The fraction of sp³-hybridized carbons (Fsp3) is 0.286. The predicted octanol–water partition coefficient (Wildman–Crippen LogP) is 4.62. The van der Waals surface area contributed by atoms with Crippen molar-refractivity contribution in [3.8, 4) is 0 Å². The number of likely N-dealkylation sites (N-methyl/N-ethyl adjacent to an activating group) is 1. The molecule has 3 nitrogen and oxygen atoms in total. The third-order valence-electron chi connectivity index (χ3n) is 5.22. The SMILES string of the molecule is CN1CCCC1Cc1cn(C(=O)c2ccccc2)c2ccc(Cl)cc12. The third kappa shape index (κ3) is 3.10. The molecule has 0 spiro atoms. The Hall–Kier alpha value is -2.10. The van der Waals surface area contributed by atoms with Gasteiger partial charge in [-0.1, -0.05) is 29.8 Å². The van der Waals surface area contributed by atoms with Crippen molar-refractivity contribution in [2.75, 3.05) is 13.6 Å². The number of carbonyl (C=O) groups is 1. The molecule has 25 heavy (non-hydrogen) atoms. The molecule has 1 aliphatic heterocycles. The smallest absolute Gasteiger partial charge is 0.262 e. The number of carbonyl (C=O) groups excluding carboxylic acids is 1. The van der Waals surface area contributed by atoms with Crippen LogP contribution < -0.4 is 0 Å². The van der Waals surface area contributed by atoms with Gasteiger partial charge in [0, 0.05) is 28.2 Å². The van der Waals surface area contributed by atoms with Crippen molar-refractivity contribution in [2.24, 2.45) is 0 Å². The van der Waals surface area contributed by atoms with Crippen molar-refractivity contribution < 1.29 is 4.79 Å². The van der Waals surface area contributed by atoms with E-state index in [1.807, 2.05) is 54.7 Å². The van der Waals surface area contributed by atoms with Gasteiger partial charge in [-0.2, -0.15) is 0 Å².